The van der Waals surface area contributed by atoms with Crippen molar-refractivity contribution in [3.8, 4) is 11.5 Å². The fourth-order valence-corrected chi connectivity index (χ4v) is 6.21. The summed E-state index contributed by atoms with van der Waals surface area (Å²) in [5.74, 6) is 0.886. The molecule has 0 saturated carbocycles. The van der Waals surface area contributed by atoms with Crippen molar-refractivity contribution in [3.05, 3.63) is 71.2 Å². The lowest BCUT2D eigenvalue weighted by molar-refractivity contribution is -0.121. The van der Waals surface area contributed by atoms with Gasteiger partial charge in [-0.25, -0.2) is 0 Å². The fourth-order valence-electron chi connectivity index (χ4n) is 4.02. The number of carbonyl (C=O) groups is 1. The summed E-state index contributed by atoms with van der Waals surface area (Å²) in [4.78, 5) is 14.9. The largest absolute Gasteiger partial charge is 0.493 e. The number of nitrogens with zero attached hydrogens (tertiary/aromatic N) is 2. The Balaban J connectivity index is 1.76. The number of thioether (sulfide) groups is 1. The third-order valence-corrected chi connectivity index (χ3v) is 8.61. The predicted octanol–water partition coefficient (Wildman–Crippen LogP) is 6.98. The van der Waals surface area contributed by atoms with Crippen molar-refractivity contribution in [2.24, 2.45) is 4.40 Å². The molecule has 1 amide bonds. The SMILES string of the molecule is C=CCN1C(=O)/C(=C/c2ccc(OC)c(OCCCCCCCCC)c2)S/C1=N/S(=O)(=O)c1ccc(C)cc1. The van der Waals surface area contributed by atoms with E-state index in [1.807, 2.05) is 19.1 Å². The van der Waals surface area contributed by atoms with Gasteiger partial charge in [-0.3, -0.25) is 9.69 Å². The van der Waals surface area contributed by atoms with Gasteiger partial charge >= 0.3 is 0 Å². The maximum absolute atomic E-state index is 13.2. The van der Waals surface area contributed by atoms with Crippen molar-refractivity contribution < 1.29 is 22.7 Å². The second-order valence-electron chi connectivity index (χ2n) is 9.36. The molecule has 0 N–H and O–H groups in total. The molecule has 210 valence electrons. The molecule has 1 saturated heterocycles. The van der Waals surface area contributed by atoms with Gasteiger partial charge in [0.1, 0.15) is 0 Å². The van der Waals surface area contributed by atoms with Crippen LogP contribution in [0.15, 0.2) is 69.3 Å². The summed E-state index contributed by atoms with van der Waals surface area (Å²) < 4.78 is 41.3. The molecule has 1 fully saturated rings. The molecule has 39 heavy (non-hydrogen) atoms. The topological polar surface area (TPSA) is 85.3 Å². The second-order valence-corrected chi connectivity index (χ2v) is 12.0. The smallest absolute Gasteiger partial charge is 0.284 e. The van der Waals surface area contributed by atoms with E-state index in [9.17, 15) is 13.2 Å². The average Bonchev–Trinajstić information content (AvgIpc) is 3.19. The van der Waals surface area contributed by atoms with Crippen molar-refractivity contribution in [1.82, 2.24) is 4.90 Å². The minimum absolute atomic E-state index is 0.0718. The third kappa shape index (κ3) is 8.73. The summed E-state index contributed by atoms with van der Waals surface area (Å²) >= 11 is 1.02. The molecule has 0 spiro atoms. The van der Waals surface area contributed by atoms with Crippen LogP contribution in [0.3, 0.4) is 0 Å². The molecule has 7 nitrogen and oxygen atoms in total. The summed E-state index contributed by atoms with van der Waals surface area (Å²) in [5.41, 5.74) is 1.68. The van der Waals surface area contributed by atoms with Gasteiger partial charge in [0.15, 0.2) is 16.7 Å². The van der Waals surface area contributed by atoms with Crippen molar-refractivity contribution in [2.45, 2.75) is 63.7 Å². The van der Waals surface area contributed by atoms with Crippen LogP contribution in [0.25, 0.3) is 6.08 Å². The van der Waals surface area contributed by atoms with Crippen LogP contribution in [0.1, 0.15) is 63.0 Å². The quantitative estimate of drug-likeness (QED) is 0.130. The zero-order chi connectivity index (χ0) is 28.3. The van der Waals surface area contributed by atoms with E-state index in [0.29, 0.717) is 23.0 Å². The lowest BCUT2D eigenvalue weighted by Gasteiger charge is -2.12. The Morgan fingerprint density at radius 1 is 1.00 bits per heavy atom. The van der Waals surface area contributed by atoms with Crippen LogP contribution in [0.5, 0.6) is 11.5 Å². The van der Waals surface area contributed by atoms with Gasteiger partial charge < -0.3 is 9.47 Å². The lowest BCUT2D eigenvalue weighted by atomic mass is 10.1. The van der Waals surface area contributed by atoms with E-state index in [1.165, 1.54) is 49.1 Å². The molecule has 9 heteroatoms. The zero-order valence-electron chi connectivity index (χ0n) is 23.0. The number of methoxy groups -OCH3 is 1. The summed E-state index contributed by atoms with van der Waals surface area (Å²) in [6.07, 6.45) is 11.6. The first-order valence-electron chi connectivity index (χ1n) is 13.3. The van der Waals surface area contributed by atoms with Crippen LogP contribution < -0.4 is 9.47 Å². The lowest BCUT2D eigenvalue weighted by Crippen LogP contribution is -2.29. The number of unbranched alkanes of at least 4 members (excludes halogenated alkanes) is 6. The molecule has 1 aliphatic heterocycles. The van der Waals surface area contributed by atoms with Crippen LogP contribution in [0.4, 0.5) is 0 Å². The van der Waals surface area contributed by atoms with Gasteiger partial charge in [-0.2, -0.15) is 8.42 Å². The number of benzene rings is 2. The molecular weight excluding hydrogens is 532 g/mol. The molecule has 3 rings (SSSR count). The fraction of sp³-hybridized carbons (Fsp3) is 0.400. The van der Waals surface area contributed by atoms with Crippen LogP contribution in [-0.4, -0.2) is 44.7 Å². The normalized spacial score (nSPS) is 15.8. The number of amides is 1. The number of amidine groups is 1. The number of hydrogen-bond donors (Lipinski definition) is 0. The van der Waals surface area contributed by atoms with Crippen LogP contribution in [0.2, 0.25) is 0 Å². The molecule has 0 unspecified atom stereocenters. The summed E-state index contributed by atoms with van der Waals surface area (Å²) in [5, 5.41) is 0.0932. The van der Waals surface area contributed by atoms with Crippen molar-refractivity contribution in [1.29, 1.82) is 0 Å². The standard InChI is InChI=1S/C30H38N2O5S2/c1-5-7-8-9-10-11-12-20-37-27-21-24(15-18-26(27)36-4)22-28-29(33)32(19-6-2)30(38-28)31-39(34,35)25-16-13-23(3)14-17-25/h6,13-18,21-22H,2,5,7-12,19-20H2,1,3-4H3/b28-22-,31-30+. The maximum atomic E-state index is 13.2. The Morgan fingerprint density at radius 3 is 2.36 bits per heavy atom. The highest BCUT2D eigenvalue weighted by atomic mass is 32.2. The molecule has 0 aromatic heterocycles. The van der Waals surface area contributed by atoms with Crippen LogP contribution >= 0.6 is 11.8 Å². The molecule has 0 radical (unpaired) electrons. The molecule has 1 heterocycles. The van der Waals surface area contributed by atoms with Crippen molar-refractivity contribution >= 4 is 38.9 Å². The van der Waals surface area contributed by atoms with E-state index in [1.54, 1.807) is 37.5 Å². The molecule has 0 atom stereocenters. The first kappa shape index (κ1) is 30.5. The van der Waals surface area contributed by atoms with Crippen LogP contribution in [0, 0.1) is 6.92 Å². The highest BCUT2D eigenvalue weighted by Gasteiger charge is 2.34. The van der Waals surface area contributed by atoms with Crippen molar-refractivity contribution in [2.75, 3.05) is 20.3 Å². The molecule has 0 aliphatic carbocycles. The average molecular weight is 571 g/mol. The van der Waals surface area contributed by atoms with Crippen LogP contribution in [-0.2, 0) is 14.8 Å². The van der Waals surface area contributed by atoms with Gasteiger partial charge in [-0.05, 0) is 61.0 Å². The molecular formula is C30H38N2O5S2. The molecule has 1 aliphatic rings. The van der Waals surface area contributed by atoms with E-state index in [2.05, 4.69) is 17.9 Å². The number of carbonyl (C=O) groups excluding carboxylic acids is 1. The van der Waals surface area contributed by atoms with Gasteiger partial charge in [-0.15, -0.1) is 11.0 Å². The maximum Gasteiger partial charge on any atom is 0.284 e. The summed E-state index contributed by atoms with van der Waals surface area (Å²) in [7, 11) is -2.40. The van der Waals surface area contributed by atoms with Gasteiger partial charge in [0.25, 0.3) is 15.9 Å². The Hall–Kier alpha value is -3.04. The molecule has 2 aromatic rings. The van der Waals surface area contributed by atoms with E-state index in [4.69, 9.17) is 9.47 Å². The zero-order valence-corrected chi connectivity index (χ0v) is 24.7. The van der Waals surface area contributed by atoms with Gasteiger partial charge in [0.2, 0.25) is 0 Å². The van der Waals surface area contributed by atoms with E-state index < -0.39 is 10.0 Å². The van der Waals surface area contributed by atoms with E-state index in [-0.39, 0.29) is 22.5 Å². The Kier molecular flexibility index (Phi) is 11.7. The minimum atomic E-state index is -3.99. The number of aryl methyl sites for hydroxylation is 1. The Bertz CT molecular complexity index is 1300. The monoisotopic (exact) mass is 570 g/mol. The molecule has 2 aromatic carbocycles. The first-order valence-corrected chi connectivity index (χ1v) is 15.6. The highest BCUT2D eigenvalue weighted by molar-refractivity contribution is 8.19. The van der Waals surface area contributed by atoms with E-state index >= 15 is 0 Å². The van der Waals surface area contributed by atoms with Gasteiger partial charge in [0, 0.05) is 6.54 Å². The number of hydrogen-bond acceptors (Lipinski definition) is 6. The summed E-state index contributed by atoms with van der Waals surface area (Å²) in [6.45, 7) is 8.51. The number of ether oxygens (including phenoxy) is 2. The molecule has 0 bridgehead atoms. The van der Waals surface area contributed by atoms with Gasteiger partial charge in [-0.1, -0.05) is 75.3 Å². The highest BCUT2D eigenvalue weighted by Crippen LogP contribution is 2.35. The summed E-state index contributed by atoms with van der Waals surface area (Å²) in [6, 6.07) is 11.9. The Labute approximate surface area is 237 Å². The number of rotatable bonds is 15. The Morgan fingerprint density at radius 2 is 1.69 bits per heavy atom. The third-order valence-electron chi connectivity index (χ3n) is 6.21. The van der Waals surface area contributed by atoms with E-state index in [0.717, 1.165) is 35.7 Å². The van der Waals surface area contributed by atoms with Crippen molar-refractivity contribution in [3.63, 3.8) is 0 Å². The minimum Gasteiger partial charge on any atom is -0.493 e. The first-order chi connectivity index (χ1) is 18.8. The van der Waals surface area contributed by atoms with Gasteiger partial charge in [0.05, 0.1) is 23.5 Å². The predicted molar refractivity (Wildman–Crippen MR) is 160 cm³/mol. The second kappa shape index (κ2) is 14.9. The number of sulfonamides is 1.